The van der Waals surface area contributed by atoms with E-state index in [1.165, 1.54) is 5.56 Å². The Morgan fingerprint density at radius 3 is 2.43 bits per heavy atom. The Morgan fingerprint density at radius 2 is 1.83 bits per heavy atom. The van der Waals surface area contributed by atoms with Gasteiger partial charge in [0, 0.05) is 11.8 Å². The van der Waals surface area contributed by atoms with Gasteiger partial charge in [0.1, 0.15) is 23.1 Å². The maximum absolute atomic E-state index is 11.7. The summed E-state index contributed by atoms with van der Waals surface area (Å²) < 4.78 is 5.66. The van der Waals surface area contributed by atoms with E-state index in [1.54, 1.807) is 19.1 Å². The third kappa shape index (κ3) is 4.49. The molecule has 23 heavy (non-hydrogen) atoms. The summed E-state index contributed by atoms with van der Waals surface area (Å²) in [4.78, 5) is 11.7. The van der Waals surface area contributed by atoms with E-state index in [-0.39, 0.29) is 22.1 Å². The van der Waals surface area contributed by atoms with Crippen molar-refractivity contribution in [3.05, 3.63) is 58.1 Å². The molecule has 0 spiro atoms. The van der Waals surface area contributed by atoms with E-state index in [9.17, 15) is 9.90 Å². The molecule has 0 aromatic heterocycles. The molecule has 2 aromatic rings. The minimum Gasteiger partial charge on any atom is -0.505 e. The van der Waals surface area contributed by atoms with E-state index in [1.807, 2.05) is 12.1 Å². The number of alkyl halides is 1. The number of Topliss-reactive ketones (excluding diaryl/α,β-unsaturated/α-hetero) is 1. The molecule has 0 aliphatic heterocycles. The molecule has 2 aromatic carbocycles. The lowest BCUT2D eigenvalue weighted by Gasteiger charge is -2.11. The minimum atomic E-state index is -0.219. The molecule has 5 heteroatoms. The summed E-state index contributed by atoms with van der Waals surface area (Å²) in [6.45, 7) is 2.08. The normalized spacial score (nSPS) is 10.6. The first-order chi connectivity index (χ1) is 11.1. The average molecular weight is 398 g/mol. The summed E-state index contributed by atoms with van der Waals surface area (Å²) >= 11 is 9.51. The number of benzene rings is 2. The molecule has 0 unspecified atom stereocenters. The number of phenols is 1. The van der Waals surface area contributed by atoms with Gasteiger partial charge >= 0.3 is 0 Å². The highest BCUT2D eigenvalue weighted by Crippen LogP contribution is 2.37. The molecule has 0 saturated heterocycles. The van der Waals surface area contributed by atoms with Gasteiger partial charge in [0.05, 0.1) is 5.56 Å². The molecule has 0 heterocycles. The number of halogens is 2. The number of aromatic hydroxyl groups is 1. The third-order valence-electron chi connectivity index (χ3n) is 3.50. The fourth-order valence-electron chi connectivity index (χ4n) is 2.15. The summed E-state index contributed by atoms with van der Waals surface area (Å²) in [5.41, 5.74) is 2.49. The molecule has 0 saturated carbocycles. The lowest BCUT2D eigenvalue weighted by molar-refractivity contribution is 0.0985. The third-order valence-corrected chi connectivity index (χ3v) is 4.26. The Kier molecular flexibility index (Phi) is 6.48. The standard InChI is InChI=1S/C18H18BrClO3/c1-2-15(21)14-7-8-16(17(20)18(14)22)23-11-13-5-3-12(4-6-13)9-10-19/h3-8,22H,2,9-11H2,1H3. The Balaban J connectivity index is 2.08. The van der Waals surface area contributed by atoms with Crippen LogP contribution in [0.4, 0.5) is 0 Å². The van der Waals surface area contributed by atoms with E-state index in [0.717, 1.165) is 17.3 Å². The van der Waals surface area contributed by atoms with Crippen LogP contribution in [-0.2, 0) is 13.0 Å². The molecular weight excluding hydrogens is 380 g/mol. The van der Waals surface area contributed by atoms with Crippen LogP contribution in [0.3, 0.4) is 0 Å². The molecule has 122 valence electrons. The predicted molar refractivity (Wildman–Crippen MR) is 96.0 cm³/mol. The number of ketones is 1. The second-order valence-corrected chi connectivity index (χ2v) is 6.27. The van der Waals surface area contributed by atoms with Crippen LogP contribution in [0.1, 0.15) is 34.8 Å². The van der Waals surface area contributed by atoms with Crippen LogP contribution in [0.15, 0.2) is 36.4 Å². The molecule has 0 fully saturated rings. The highest BCUT2D eigenvalue weighted by molar-refractivity contribution is 9.09. The zero-order valence-corrected chi connectivity index (χ0v) is 15.2. The van der Waals surface area contributed by atoms with E-state index >= 15 is 0 Å². The molecule has 0 bridgehead atoms. The first kappa shape index (κ1) is 17.8. The van der Waals surface area contributed by atoms with Crippen molar-refractivity contribution in [2.24, 2.45) is 0 Å². The SMILES string of the molecule is CCC(=O)c1ccc(OCc2ccc(CCBr)cc2)c(Cl)c1O. The van der Waals surface area contributed by atoms with E-state index in [0.29, 0.717) is 18.8 Å². The predicted octanol–water partition coefficient (Wildman–Crippen LogP) is 5.15. The first-order valence-corrected chi connectivity index (χ1v) is 8.88. The summed E-state index contributed by atoms with van der Waals surface area (Å²) in [7, 11) is 0. The van der Waals surface area contributed by atoms with Gasteiger partial charge in [-0.05, 0) is 29.7 Å². The number of hydrogen-bond acceptors (Lipinski definition) is 3. The van der Waals surface area contributed by atoms with Gasteiger partial charge in [0.15, 0.2) is 5.78 Å². The Labute approximate surface area is 149 Å². The molecule has 0 amide bonds. The van der Waals surface area contributed by atoms with E-state index in [4.69, 9.17) is 16.3 Å². The van der Waals surface area contributed by atoms with E-state index < -0.39 is 0 Å². The number of rotatable bonds is 7. The number of carbonyl (C=O) groups is 1. The molecular formula is C18H18BrClO3. The molecule has 0 atom stereocenters. The van der Waals surface area contributed by atoms with Crippen LogP contribution in [0.2, 0.25) is 5.02 Å². The van der Waals surface area contributed by atoms with Crippen molar-refractivity contribution in [2.75, 3.05) is 5.33 Å². The van der Waals surface area contributed by atoms with Crippen molar-refractivity contribution in [3.63, 3.8) is 0 Å². The molecule has 2 rings (SSSR count). The second-order valence-electron chi connectivity index (χ2n) is 5.09. The quantitative estimate of drug-likeness (QED) is 0.519. The van der Waals surface area contributed by atoms with Gasteiger partial charge in [-0.1, -0.05) is 58.7 Å². The van der Waals surface area contributed by atoms with Crippen molar-refractivity contribution >= 4 is 33.3 Å². The maximum atomic E-state index is 11.7. The smallest absolute Gasteiger partial charge is 0.166 e. The highest BCUT2D eigenvalue weighted by atomic mass is 79.9. The van der Waals surface area contributed by atoms with Gasteiger partial charge in [-0.25, -0.2) is 0 Å². The van der Waals surface area contributed by atoms with Crippen molar-refractivity contribution in [2.45, 2.75) is 26.4 Å². The number of aryl methyl sites for hydroxylation is 1. The fraction of sp³-hybridized carbons (Fsp3) is 0.278. The number of phenolic OH excluding ortho intramolecular Hbond substituents is 1. The lowest BCUT2D eigenvalue weighted by Crippen LogP contribution is -2.00. The average Bonchev–Trinajstić information content (AvgIpc) is 2.57. The Bertz CT molecular complexity index is 683. The van der Waals surface area contributed by atoms with Crippen LogP contribution in [0.25, 0.3) is 0 Å². The Hall–Kier alpha value is -1.52. The molecule has 0 radical (unpaired) electrons. The van der Waals surface area contributed by atoms with Gasteiger partial charge in [0.2, 0.25) is 0 Å². The van der Waals surface area contributed by atoms with Crippen LogP contribution in [-0.4, -0.2) is 16.2 Å². The van der Waals surface area contributed by atoms with Crippen molar-refractivity contribution in [3.8, 4) is 11.5 Å². The maximum Gasteiger partial charge on any atom is 0.166 e. The van der Waals surface area contributed by atoms with E-state index in [2.05, 4.69) is 28.1 Å². The number of ether oxygens (including phenoxy) is 1. The van der Waals surface area contributed by atoms with Crippen molar-refractivity contribution in [1.29, 1.82) is 0 Å². The summed E-state index contributed by atoms with van der Waals surface area (Å²) in [6.07, 6.45) is 1.29. The number of carbonyl (C=O) groups excluding carboxylic acids is 1. The highest BCUT2D eigenvalue weighted by Gasteiger charge is 2.16. The summed E-state index contributed by atoms with van der Waals surface area (Å²) in [5, 5.41) is 11.0. The van der Waals surface area contributed by atoms with Gasteiger partial charge in [-0.15, -0.1) is 0 Å². The van der Waals surface area contributed by atoms with Crippen LogP contribution in [0, 0.1) is 0 Å². The molecule has 3 nitrogen and oxygen atoms in total. The summed E-state index contributed by atoms with van der Waals surface area (Å²) in [6, 6.07) is 11.3. The molecule has 0 aliphatic carbocycles. The fourth-order valence-corrected chi connectivity index (χ4v) is 2.82. The number of hydrogen-bond donors (Lipinski definition) is 1. The van der Waals surface area contributed by atoms with Gasteiger partial charge in [0.25, 0.3) is 0 Å². The first-order valence-electron chi connectivity index (χ1n) is 7.38. The topological polar surface area (TPSA) is 46.5 Å². The molecule has 0 aliphatic rings. The van der Waals surface area contributed by atoms with Crippen LogP contribution < -0.4 is 4.74 Å². The van der Waals surface area contributed by atoms with Gasteiger partial charge < -0.3 is 9.84 Å². The molecule has 1 N–H and O–H groups in total. The van der Waals surface area contributed by atoms with Crippen molar-refractivity contribution in [1.82, 2.24) is 0 Å². The van der Waals surface area contributed by atoms with Crippen molar-refractivity contribution < 1.29 is 14.6 Å². The monoisotopic (exact) mass is 396 g/mol. The summed E-state index contributed by atoms with van der Waals surface area (Å²) in [5.74, 6) is -0.0108. The zero-order chi connectivity index (χ0) is 16.8. The largest absolute Gasteiger partial charge is 0.505 e. The Morgan fingerprint density at radius 1 is 1.17 bits per heavy atom. The van der Waals surface area contributed by atoms with Gasteiger partial charge in [-0.2, -0.15) is 0 Å². The second kappa shape index (κ2) is 8.37. The lowest BCUT2D eigenvalue weighted by atomic mass is 10.1. The minimum absolute atomic E-state index is 0.0696. The van der Waals surface area contributed by atoms with Gasteiger partial charge in [-0.3, -0.25) is 4.79 Å². The zero-order valence-electron chi connectivity index (χ0n) is 12.8. The van der Waals surface area contributed by atoms with Crippen LogP contribution >= 0.6 is 27.5 Å². The van der Waals surface area contributed by atoms with Crippen LogP contribution in [0.5, 0.6) is 11.5 Å².